The van der Waals surface area contributed by atoms with Gasteiger partial charge in [-0.2, -0.15) is 0 Å². The molecule has 4 aromatic rings. The van der Waals surface area contributed by atoms with E-state index in [4.69, 9.17) is 17.3 Å². The summed E-state index contributed by atoms with van der Waals surface area (Å²) in [5.74, 6) is -0.688. The summed E-state index contributed by atoms with van der Waals surface area (Å²) in [6.07, 6.45) is -0.732. The van der Waals surface area contributed by atoms with Crippen LogP contribution in [-0.2, 0) is 14.4 Å². The highest BCUT2D eigenvalue weighted by Crippen LogP contribution is 2.31. The Labute approximate surface area is 324 Å². The highest BCUT2D eigenvalue weighted by Gasteiger charge is 2.44. The van der Waals surface area contributed by atoms with E-state index in [1.807, 2.05) is 88.7 Å². The highest BCUT2D eigenvalue weighted by molar-refractivity contribution is 7.13. The topological polar surface area (TPSA) is 170 Å². The van der Waals surface area contributed by atoms with Crippen LogP contribution in [0.5, 0.6) is 0 Å². The number of carbonyl (C=O) groups is 3. The second-order valence-corrected chi connectivity index (χ2v) is 16.4. The van der Waals surface area contributed by atoms with Crippen molar-refractivity contribution < 1.29 is 19.5 Å². The first-order valence-corrected chi connectivity index (χ1v) is 19.4. The van der Waals surface area contributed by atoms with Crippen LogP contribution in [0.15, 0.2) is 60.1 Å². The predicted molar refractivity (Wildman–Crippen MR) is 212 cm³/mol. The maximum absolute atomic E-state index is 14.1. The zero-order valence-corrected chi connectivity index (χ0v) is 32.8. The molecule has 6 rings (SSSR count). The summed E-state index contributed by atoms with van der Waals surface area (Å²) in [5, 5.41) is 24.6. The van der Waals surface area contributed by atoms with Gasteiger partial charge in [-0.05, 0) is 54.2 Å². The van der Waals surface area contributed by atoms with Crippen molar-refractivity contribution in [3.05, 3.63) is 76.5 Å². The zero-order valence-electron chi connectivity index (χ0n) is 31.3. The van der Waals surface area contributed by atoms with Gasteiger partial charge in [0.05, 0.1) is 34.8 Å². The number of hydrogen-bond acceptors (Lipinski definition) is 11. The van der Waals surface area contributed by atoms with Gasteiger partial charge in [-0.15, -0.1) is 21.5 Å². The number of aliphatic hydroxyl groups is 1. The van der Waals surface area contributed by atoms with Gasteiger partial charge in [0.25, 0.3) is 0 Å². The molecule has 2 saturated heterocycles. The minimum Gasteiger partial charge on any atom is -0.391 e. The first-order valence-electron chi connectivity index (χ1n) is 18.1. The van der Waals surface area contributed by atoms with Gasteiger partial charge in [-0.25, -0.2) is 4.98 Å². The Kier molecular flexibility index (Phi) is 11.9. The van der Waals surface area contributed by atoms with Crippen LogP contribution in [0.3, 0.4) is 0 Å². The van der Waals surface area contributed by atoms with Crippen LogP contribution in [0.2, 0.25) is 5.15 Å². The Bertz CT molecular complexity index is 1960. The molecule has 1 unspecified atom stereocenters. The largest absolute Gasteiger partial charge is 0.391 e. The van der Waals surface area contributed by atoms with Crippen LogP contribution in [0.4, 0.5) is 11.5 Å². The second-order valence-electron chi connectivity index (χ2n) is 15.2. The van der Waals surface area contributed by atoms with Crippen molar-refractivity contribution in [2.45, 2.75) is 65.3 Å². The van der Waals surface area contributed by atoms with Crippen LogP contribution < -0.4 is 21.3 Å². The van der Waals surface area contributed by atoms with Crippen LogP contribution in [-0.4, -0.2) is 105 Å². The molecule has 2 aliphatic heterocycles. The van der Waals surface area contributed by atoms with Crippen LogP contribution in [0, 0.1) is 12.3 Å². The molecule has 4 heterocycles. The van der Waals surface area contributed by atoms with Crippen molar-refractivity contribution in [2.75, 3.05) is 49.9 Å². The summed E-state index contributed by atoms with van der Waals surface area (Å²) in [4.78, 5) is 52.4. The first-order chi connectivity index (χ1) is 25.7. The van der Waals surface area contributed by atoms with E-state index in [1.165, 1.54) is 4.90 Å². The van der Waals surface area contributed by atoms with E-state index >= 15 is 0 Å². The summed E-state index contributed by atoms with van der Waals surface area (Å²) in [6, 6.07) is 15.6. The van der Waals surface area contributed by atoms with Gasteiger partial charge in [0.1, 0.15) is 12.1 Å². The molecule has 0 saturated carbocycles. The summed E-state index contributed by atoms with van der Waals surface area (Å²) < 4.78 is 0. The molecule has 2 fully saturated rings. The average molecular weight is 774 g/mol. The minimum atomic E-state index is -0.898. The van der Waals surface area contributed by atoms with Gasteiger partial charge in [-0.3, -0.25) is 19.3 Å². The number of rotatable bonds is 10. The summed E-state index contributed by atoms with van der Waals surface area (Å²) >= 11 is 7.60. The third-order valence-electron chi connectivity index (χ3n) is 10.1. The van der Waals surface area contributed by atoms with Gasteiger partial charge >= 0.3 is 0 Å². The third kappa shape index (κ3) is 9.00. The highest BCUT2D eigenvalue weighted by atomic mass is 35.5. The number of aryl methyl sites for hydroxylation is 1. The molecule has 0 radical (unpaired) electrons. The Morgan fingerprint density at radius 2 is 1.67 bits per heavy atom. The number of anilines is 2. The molecule has 5 N–H and O–H groups in total. The molecule has 13 nitrogen and oxygen atoms in total. The van der Waals surface area contributed by atoms with Crippen molar-refractivity contribution in [2.24, 2.45) is 5.41 Å². The number of thiazole rings is 1. The van der Waals surface area contributed by atoms with E-state index in [0.717, 1.165) is 51.6 Å². The van der Waals surface area contributed by atoms with Crippen LogP contribution in [0.1, 0.15) is 51.4 Å². The number of amides is 3. The molecule has 54 heavy (non-hydrogen) atoms. The fourth-order valence-electron chi connectivity index (χ4n) is 7.05. The summed E-state index contributed by atoms with van der Waals surface area (Å²) in [6.45, 7) is 12.4. The molecule has 0 spiro atoms. The number of hydrogen-bond donors (Lipinski definition) is 4. The molecular weight excluding hydrogens is 726 g/mol. The second kappa shape index (κ2) is 16.4. The fourth-order valence-corrected chi connectivity index (χ4v) is 8.01. The predicted octanol–water partition coefficient (Wildman–Crippen LogP) is 4.30. The van der Waals surface area contributed by atoms with Crippen molar-refractivity contribution >= 4 is 52.2 Å². The number of β-amino-alcohol motifs (C(OH)–C–C–N with tert-alkyl or cyclic N) is 1. The van der Waals surface area contributed by atoms with Crippen molar-refractivity contribution in [3.63, 3.8) is 0 Å². The van der Waals surface area contributed by atoms with Gasteiger partial charge in [0, 0.05) is 50.4 Å². The first kappa shape index (κ1) is 39.1. The molecule has 2 aromatic heterocycles. The molecular formula is C39H48ClN9O4S. The zero-order chi connectivity index (χ0) is 38.7. The molecule has 2 aliphatic rings. The molecule has 3 amide bonds. The van der Waals surface area contributed by atoms with Gasteiger partial charge in [0.2, 0.25) is 17.7 Å². The smallest absolute Gasteiger partial charge is 0.246 e. The van der Waals surface area contributed by atoms with Gasteiger partial charge in [-0.1, -0.05) is 68.8 Å². The standard InChI is InChI=1S/C39H48ClN9O4S/c1-23(25-6-8-27(9-7-25)34-24(2)42-22-54-34)43-37(52)31-18-29(50)20-49(31)38(53)35(39(3,4)5)44-33(51)21-47-14-16-48(17-15-47)28-12-10-26(11-13-28)30-19-32(40)45-46-36(30)41/h6-13,19,22-23,29,31,35,50H,14-18,20-21H2,1-5H3,(H2,41,46)(H,43,52)(H,44,51)/t23-,29+,31-,35?/m0/s1. The van der Waals surface area contributed by atoms with E-state index in [9.17, 15) is 19.5 Å². The number of likely N-dealkylation sites (tertiary alicyclic amines) is 1. The van der Waals surface area contributed by atoms with Gasteiger partial charge in [0.15, 0.2) is 11.0 Å². The maximum atomic E-state index is 14.1. The van der Waals surface area contributed by atoms with Crippen LogP contribution in [0.25, 0.3) is 21.6 Å². The Balaban J connectivity index is 1.03. The molecule has 15 heteroatoms. The van der Waals surface area contributed by atoms with Crippen LogP contribution >= 0.6 is 22.9 Å². The van der Waals surface area contributed by atoms with Gasteiger partial charge < -0.3 is 31.3 Å². The molecule has 0 bridgehead atoms. The fraction of sp³-hybridized carbons (Fsp3) is 0.436. The van der Waals surface area contributed by atoms with E-state index in [2.05, 4.69) is 35.6 Å². The lowest BCUT2D eigenvalue weighted by atomic mass is 9.85. The lowest BCUT2D eigenvalue weighted by Crippen LogP contribution is -2.59. The monoisotopic (exact) mass is 773 g/mol. The number of piperazine rings is 1. The number of nitrogens with zero attached hydrogens (tertiary/aromatic N) is 6. The number of aliphatic hydroxyl groups excluding tert-OH is 1. The van der Waals surface area contributed by atoms with E-state index < -0.39 is 23.6 Å². The Morgan fingerprint density at radius 1 is 1.00 bits per heavy atom. The normalized spacial score (nSPS) is 19.0. The molecule has 0 aliphatic carbocycles. The number of aromatic nitrogens is 3. The molecule has 4 atom stereocenters. The van der Waals surface area contributed by atoms with E-state index in [-0.39, 0.29) is 48.4 Å². The maximum Gasteiger partial charge on any atom is 0.246 e. The average Bonchev–Trinajstić information content (AvgIpc) is 3.76. The quantitative estimate of drug-likeness (QED) is 0.182. The molecule has 286 valence electrons. The molecule has 2 aromatic carbocycles. The number of benzene rings is 2. The third-order valence-corrected chi connectivity index (χ3v) is 11.3. The van der Waals surface area contributed by atoms with Crippen molar-refractivity contribution in [1.82, 2.24) is 35.6 Å². The lowest BCUT2D eigenvalue weighted by Gasteiger charge is -2.37. The lowest BCUT2D eigenvalue weighted by molar-refractivity contribution is -0.144. The number of carbonyl (C=O) groups excluding carboxylic acids is 3. The minimum absolute atomic E-state index is 0.0141. The number of halogens is 1. The summed E-state index contributed by atoms with van der Waals surface area (Å²) in [5.41, 5.74) is 12.8. The Morgan fingerprint density at radius 3 is 2.30 bits per heavy atom. The van der Waals surface area contributed by atoms with E-state index in [1.54, 1.807) is 17.4 Å². The van der Waals surface area contributed by atoms with Crippen molar-refractivity contribution in [1.29, 1.82) is 0 Å². The number of nitrogen functional groups attached to an aromatic ring is 1. The van der Waals surface area contributed by atoms with Crippen molar-refractivity contribution in [3.8, 4) is 21.6 Å². The van der Waals surface area contributed by atoms with E-state index in [0.29, 0.717) is 18.9 Å². The SMILES string of the molecule is Cc1ncsc1-c1ccc([C@H](C)NC(=O)[C@@H]2C[C@@H](O)CN2C(=O)C(NC(=O)CN2CCN(c3ccc(-c4cc(Cl)nnc4N)cc3)CC2)C(C)(C)C)cc1. The summed E-state index contributed by atoms with van der Waals surface area (Å²) in [7, 11) is 0. The number of nitrogens with one attached hydrogen (secondary N) is 2. The Hall–Kier alpha value is -4.63. The number of nitrogens with two attached hydrogens (primary N) is 1.